The van der Waals surface area contributed by atoms with E-state index in [9.17, 15) is 4.39 Å². The van der Waals surface area contributed by atoms with Crippen LogP contribution < -0.4 is 0 Å². The third-order valence-corrected chi connectivity index (χ3v) is 2.17. The fourth-order valence-corrected chi connectivity index (χ4v) is 1.40. The van der Waals surface area contributed by atoms with Crippen LogP contribution in [0.1, 0.15) is 26.3 Å². The molecule has 0 saturated carbocycles. The van der Waals surface area contributed by atoms with Crippen molar-refractivity contribution in [2.45, 2.75) is 26.2 Å². The van der Waals surface area contributed by atoms with E-state index in [4.69, 9.17) is 0 Å². The van der Waals surface area contributed by atoms with Gasteiger partial charge in [0.25, 0.3) is 0 Å². The molecule has 0 saturated heterocycles. The van der Waals surface area contributed by atoms with Gasteiger partial charge in [0.15, 0.2) is 11.3 Å². The first-order valence-corrected chi connectivity index (χ1v) is 4.41. The Morgan fingerprint density at radius 2 is 1.93 bits per heavy atom. The highest BCUT2D eigenvalue weighted by Crippen LogP contribution is 2.28. The van der Waals surface area contributed by atoms with Crippen LogP contribution in [0, 0.1) is 5.82 Å². The molecule has 2 aromatic rings. The molecule has 0 aliphatic rings. The SMILES string of the molecule is CC(C)(C)c1ccc2nonc2c1F. The first-order valence-electron chi connectivity index (χ1n) is 4.41. The molecule has 0 amide bonds. The molecule has 0 bridgehead atoms. The number of benzene rings is 1. The number of aromatic nitrogens is 2. The molecule has 3 nitrogen and oxygen atoms in total. The molecule has 0 unspecified atom stereocenters. The lowest BCUT2D eigenvalue weighted by Crippen LogP contribution is -2.13. The van der Waals surface area contributed by atoms with Crippen LogP contribution in [0.25, 0.3) is 11.0 Å². The Morgan fingerprint density at radius 3 is 2.57 bits per heavy atom. The van der Waals surface area contributed by atoms with Gasteiger partial charge in [-0.1, -0.05) is 26.8 Å². The van der Waals surface area contributed by atoms with Gasteiger partial charge in [0.05, 0.1) is 0 Å². The second kappa shape index (κ2) is 2.77. The molecule has 0 aliphatic carbocycles. The molecule has 1 aromatic heterocycles. The monoisotopic (exact) mass is 194 g/mol. The van der Waals surface area contributed by atoms with Crippen molar-refractivity contribution in [3.63, 3.8) is 0 Å². The zero-order valence-corrected chi connectivity index (χ0v) is 8.34. The number of nitrogens with zero attached hydrogens (tertiary/aromatic N) is 2. The van der Waals surface area contributed by atoms with Crippen LogP contribution in [0.15, 0.2) is 16.8 Å². The summed E-state index contributed by atoms with van der Waals surface area (Å²) in [7, 11) is 0. The molecule has 0 atom stereocenters. The maximum atomic E-state index is 13.8. The van der Waals surface area contributed by atoms with Gasteiger partial charge in [0.1, 0.15) is 5.52 Å². The largest absolute Gasteiger partial charge is 0.243 e. The highest BCUT2D eigenvalue weighted by Gasteiger charge is 2.21. The van der Waals surface area contributed by atoms with Crippen LogP contribution in [0.5, 0.6) is 0 Å². The van der Waals surface area contributed by atoms with Gasteiger partial charge in [-0.2, -0.15) is 0 Å². The van der Waals surface area contributed by atoms with E-state index < -0.39 is 0 Å². The molecule has 0 fully saturated rings. The summed E-state index contributed by atoms with van der Waals surface area (Å²) in [4.78, 5) is 0. The van der Waals surface area contributed by atoms with E-state index >= 15 is 0 Å². The summed E-state index contributed by atoms with van der Waals surface area (Å²) in [6.45, 7) is 5.85. The topological polar surface area (TPSA) is 38.9 Å². The lowest BCUT2D eigenvalue weighted by atomic mass is 9.86. The number of rotatable bonds is 0. The van der Waals surface area contributed by atoms with E-state index in [1.165, 1.54) is 0 Å². The Hall–Kier alpha value is -1.45. The van der Waals surface area contributed by atoms with Crippen molar-refractivity contribution in [3.8, 4) is 0 Å². The number of fused-ring (bicyclic) bond motifs is 1. The lowest BCUT2D eigenvalue weighted by molar-refractivity contribution is 0.314. The summed E-state index contributed by atoms with van der Waals surface area (Å²) in [5, 5.41) is 7.11. The van der Waals surface area contributed by atoms with Crippen LogP contribution in [0.2, 0.25) is 0 Å². The summed E-state index contributed by atoms with van der Waals surface area (Å²) >= 11 is 0. The van der Waals surface area contributed by atoms with Crippen molar-refractivity contribution in [1.82, 2.24) is 10.3 Å². The maximum absolute atomic E-state index is 13.8. The van der Waals surface area contributed by atoms with E-state index in [0.717, 1.165) is 0 Å². The van der Waals surface area contributed by atoms with Gasteiger partial charge in [-0.3, -0.25) is 0 Å². The standard InChI is InChI=1S/C10H11FN2O/c1-10(2,3)6-4-5-7-9(8(6)11)13-14-12-7/h4-5H,1-3H3. The van der Waals surface area contributed by atoms with Gasteiger partial charge in [-0.25, -0.2) is 9.02 Å². The Labute approximate surface area is 80.9 Å². The lowest BCUT2D eigenvalue weighted by Gasteiger charge is -2.19. The predicted molar refractivity (Wildman–Crippen MR) is 50.5 cm³/mol. The first-order chi connectivity index (χ1) is 6.50. The fraction of sp³-hybridized carbons (Fsp3) is 0.400. The maximum Gasteiger partial charge on any atom is 0.171 e. The van der Waals surface area contributed by atoms with E-state index in [-0.39, 0.29) is 16.7 Å². The van der Waals surface area contributed by atoms with Crippen LogP contribution in [0.4, 0.5) is 4.39 Å². The quantitative estimate of drug-likeness (QED) is 0.647. The van der Waals surface area contributed by atoms with Crippen molar-refractivity contribution in [1.29, 1.82) is 0 Å². The van der Waals surface area contributed by atoms with Gasteiger partial charge < -0.3 is 0 Å². The molecular formula is C10H11FN2O. The third kappa shape index (κ3) is 1.27. The van der Waals surface area contributed by atoms with E-state index in [2.05, 4.69) is 14.9 Å². The zero-order chi connectivity index (χ0) is 10.3. The first kappa shape index (κ1) is 9.12. The summed E-state index contributed by atoms with van der Waals surface area (Å²) in [5.74, 6) is -0.337. The van der Waals surface area contributed by atoms with E-state index in [0.29, 0.717) is 11.1 Å². The van der Waals surface area contributed by atoms with Gasteiger partial charge in [0, 0.05) is 0 Å². The molecule has 0 radical (unpaired) electrons. The average molecular weight is 194 g/mol. The van der Waals surface area contributed by atoms with Crippen LogP contribution in [0.3, 0.4) is 0 Å². The smallest absolute Gasteiger partial charge is 0.171 e. The van der Waals surface area contributed by atoms with Crippen molar-refractivity contribution in [2.75, 3.05) is 0 Å². The normalized spacial score (nSPS) is 12.3. The molecule has 1 heterocycles. The van der Waals surface area contributed by atoms with E-state index in [1.54, 1.807) is 12.1 Å². The Morgan fingerprint density at radius 1 is 1.21 bits per heavy atom. The molecule has 14 heavy (non-hydrogen) atoms. The molecular weight excluding hydrogens is 183 g/mol. The molecule has 0 aliphatic heterocycles. The third-order valence-electron chi connectivity index (χ3n) is 2.17. The molecule has 4 heteroatoms. The fourth-order valence-electron chi connectivity index (χ4n) is 1.40. The summed E-state index contributed by atoms with van der Waals surface area (Å²) in [6.07, 6.45) is 0. The second-order valence-electron chi connectivity index (χ2n) is 4.31. The second-order valence-corrected chi connectivity index (χ2v) is 4.31. The van der Waals surface area contributed by atoms with Crippen molar-refractivity contribution in [2.24, 2.45) is 0 Å². The van der Waals surface area contributed by atoms with Gasteiger partial charge in [0.2, 0.25) is 0 Å². The minimum absolute atomic E-state index is 0.206. The number of halogens is 1. The molecule has 1 aromatic carbocycles. The van der Waals surface area contributed by atoms with Crippen molar-refractivity contribution < 1.29 is 9.02 Å². The van der Waals surface area contributed by atoms with Crippen molar-refractivity contribution >= 4 is 11.0 Å². The summed E-state index contributed by atoms with van der Waals surface area (Å²) < 4.78 is 18.3. The van der Waals surface area contributed by atoms with Gasteiger partial charge in [-0.05, 0) is 27.4 Å². The van der Waals surface area contributed by atoms with Gasteiger partial charge >= 0.3 is 0 Å². The Bertz CT molecular complexity index is 470. The molecule has 2 rings (SSSR count). The minimum Gasteiger partial charge on any atom is -0.243 e. The van der Waals surface area contributed by atoms with E-state index in [1.807, 2.05) is 20.8 Å². The predicted octanol–water partition coefficient (Wildman–Crippen LogP) is 2.66. The Kier molecular flexibility index (Phi) is 1.80. The van der Waals surface area contributed by atoms with Crippen LogP contribution in [-0.2, 0) is 5.41 Å². The molecule has 0 spiro atoms. The zero-order valence-electron chi connectivity index (χ0n) is 8.34. The van der Waals surface area contributed by atoms with Crippen LogP contribution >= 0.6 is 0 Å². The molecule has 74 valence electrons. The average Bonchev–Trinajstić information content (AvgIpc) is 2.50. The summed E-state index contributed by atoms with van der Waals surface area (Å²) in [6, 6.07) is 3.44. The molecule has 0 N–H and O–H groups in total. The summed E-state index contributed by atoms with van der Waals surface area (Å²) in [5.41, 5.74) is 1.05. The van der Waals surface area contributed by atoms with Gasteiger partial charge in [-0.15, -0.1) is 0 Å². The highest BCUT2D eigenvalue weighted by molar-refractivity contribution is 5.75. The number of hydrogen-bond acceptors (Lipinski definition) is 3. The highest BCUT2D eigenvalue weighted by atomic mass is 19.1. The van der Waals surface area contributed by atoms with Crippen LogP contribution in [-0.4, -0.2) is 10.3 Å². The number of hydrogen-bond donors (Lipinski definition) is 0. The Balaban J connectivity index is 2.74. The minimum atomic E-state index is -0.337. The van der Waals surface area contributed by atoms with Crippen molar-refractivity contribution in [3.05, 3.63) is 23.5 Å².